The lowest BCUT2D eigenvalue weighted by Crippen LogP contribution is -2.29. The Morgan fingerprint density at radius 2 is 1.72 bits per heavy atom. The standard InChI is InChI=1S/C13H18O4S/c1-10-5-7-12(8-6-10)18(15,16)17-9-13(3,4)11(2)14/h5-8H,9H2,1-4H3. The minimum Gasteiger partial charge on any atom is -0.299 e. The fraction of sp³-hybridized carbons (Fsp3) is 0.462. The van der Waals surface area contributed by atoms with Crippen LogP contribution in [0.5, 0.6) is 0 Å². The van der Waals surface area contributed by atoms with Gasteiger partial charge in [-0.15, -0.1) is 0 Å². The number of carbonyl (C=O) groups excluding carboxylic acids is 1. The molecule has 0 bridgehead atoms. The van der Waals surface area contributed by atoms with Crippen LogP contribution < -0.4 is 0 Å². The third kappa shape index (κ3) is 3.65. The van der Waals surface area contributed by atoms with E-state index < -0.39 is 15.5 Å². The molecule has 5 heteroatoms. The van der Waals surface area contributed by atoms with Crippen LogP contribution in [0.25, 0.3) is 0 Å². The Labute approximate surface area is 108 Å². The molecule has 1 aromatic rings. The first kappa shape index (κ1) is 14.9. The van der Waals surface area contributed by atoms with E-state index in [1.807, 2.05) is 6.92 Å². The first-order chi connectivity index (χ1) is 8.15. The van der Waals surface area contributed by atoms with Gasteiger partial charge in [-0.3, -0.25) is 8.98 Å². The Balaban J connectivity index is 2.84. The van der Waals surface area contributed by atoms with Gasteiger partial charge in [0, 0.05) is 5.41 Å². The molecular formula is C13H18O4S. The van der Waals surface area contributed by atoms with Gasteiger partial charge in [-0.2, -0.15) is 8.42 Å². The van der Waals surface area contributed by atoms with Crippen molar-refractivity contribution in [1.82, 2.24) is 0 Å². The van der Waals surface area contributed by atoms with Gasteiger partial charge >= 0.3 is 0 Å². The van der Waals surface area contributed by atoms with Crippen molar-refractivity contribution in [1.29, 1.82) is 0 Å². The van der Waals surface area contributed by atoms with Gasteiger partial charge in [-0.25, -0.2) is 0 Å². The van der Waals surface area contributed by atoms with Crippen molar-refractivity contribution in [3.05, 3.63) is 29.8 Å². The first-order valence-corrected chi connectivity index (χ1v) is 7.03. The van der Waals surface area contributed by atoms with E-state index >= 15 is 0 Å². The van der Waals surface area contributed by atoms with E-state index in [1.54, 1.807) is 26.0 Å². The van der Waals surface area contributed by atoms with E-state index in [2.05, 4.69) is 0 Å². The number of hydrogen-bond donors (Lipinski definition) is 0. The second kappa shape index (κ2) is 5.20. The van der Waals surface area contributed by atoms with Gasteiger partial charge in [0.25, 0.3) is 10.1 Å². The van der Waals surface area contributed by atoms with Gasteiger partial charge in [0.15, 0.2) is 0 Å². The van der Waals surface area contributed by atoms with E-state index in [4.69, 9.17) is 4.18 Å². The number of Topliss-reactive ketones (excluding diaryl/α,β-unsaturated/α-hetero) is 1. The predicted octanol–water partition coefficient (Wildman–Crippen LogP) is 2.32. The molecule has 0 heterocycles. The summed E-state index contributed by atoms with van der Waals surface area (Å²) in [6.45, 7) is 6.44. The molecule has 0 atom stereocenters. The predicted molar refractivity (Wildman–Crippen MR) is 68.8 cm³/mol. The van der Waals surface area contributed by atoms with Crippen molar-refractivity contribution in [2.24, 2.45) is 5.41 Å². The Morgan fingerprint density at radius 3 is 2.17 bits per heavy atom. The molecule has 4 nitrogen and oxygen atoms in total. The molecule has 0 fully saturated rings. The van der Waals surface area contributed by atoms with Crippen molar-refractivity contribution >= 4 is 15.9 Å². The zero-order chi connectivity index (χ0) is 14.0. The van der Waals surface area contributed by atoms with Crippen LogP contribution in [-0.2, 0) is 19.1 Å². The maximum absolute atomic E-state index is 11.9. The van der Waals surface area contributed by atoms with Crippen LogP contribution in [-0.4, -0.2) is 20.8 Å². The summed E-state index contributed by atoms with van der Waals surface area (Å²) in [5, 5.41) is 0. The van der Waals surface area contributed by atoms with E-state index in [-0.39, 0.29) is 17.3 Å². The highest BCUT2D eigenvalue weighted by Gasteiger charge is 2.27. The van der Waals surface area contributed by atoms with E-state index in [9.17, 15) is 13.2 Å². The minimum atomic E-state index is -3.80. The average molecular weight is 270 g/mol. The summed E-state index contributed by atoms with van der Waals surface area (Å²) in [5.41, 5.74) is 0.163. The number of carbonyl (C=O) groups is 1. The zero-order valence-corrected chi connectivity index (χ0v) is 11.9. The average Bonchev–Trinajstić information content (AvgIpc) is 2.27. The van der Waals surface area contributed by atoms with E-state index in [0.717, 1.165) is 5.56 Å². The molecule has 0 aliphatic rings. The quantitative estimate of drug-likeness (QED) is 0.770. The topological polar surface area (TPSA) is 60.4 Å². The van der Waals surface area contributed by atoms with Gasteiger partial charge in [0.1, 0.15) is 5.78 Å². The fourth-order valence-corrected chi connectivity index (χ4v) is 2.15. The number of rotatable bonds is 5. The summed E-state index contributed by atoms with van der Waals surface area (Å²) in [4.78, 5) is 11.4. The van der Waals surface area contributed by atoms with Gasteiger partial charge in [0.2, 0.25) is 0 Å². The first-order valence-electron chi connectivity index (χ1n) is 5.62. The molecule has 1 aromatic carbocycles. The van der Waals surface area contributed by atoms with E-state index in [1.165, 1.54) is 19.1 Å². The molecule has 0 aromatic heterocycles. The number of hydrogen-bond acceptors (Lipinski definition) is 4. The largest absolute Gasteiger partial charge is 0.299 e. The van der Waals surface area contributed by atoms with Crippen LogP contribution in [0.15, 0.2) is 29.2 Å². The number of ketones is 1. The molecular weight excluding hydrogens is 252 g/mol. The van der Waals surface area contributed by atoms with Crippen molar-refractivity contribution in [2.45, 2.75) is 32.6 Å². The highest BCUT2D eigenvalue weighted by atomic mass is 32.2. The van der Waals surface area contributed by atoms with Crippen LogP contribution in [0.3, 0.4) is 0 Å². The lowest BCUT2D eigenvalue weighted by Gasteiger charge is -2.20. The molecule has 18 heavy (non-hydrogen) atoms. The van der Waals surface area contributed by atoms with Crippen LogP contribution in [0, 0.1) is 12.3 Å². The molecule has 1 rings (SSSR count). The zero-order valence-electron chi connectivity index (χ0n) is 11.1. The molecule has 0 amide bonds. The van der Waals surface area contributed by atoms with Crippen LogP contribution in [0.1, 0.15) is 26.3 Å². The SMILES string of the molecule is CC(=O)C(C)(C)COS(=O)(=O)c1ccc(C)cc1. The molecule has 0 saturated heterocycles. The maximum Gasteiger partial charge on any atom is 0.297 e. The van der Waals surface area contributed by atoms with Gasteiger partial charge < -0.3 is 0 Å². The fourth-order valence-electron chi connectivity index (χ4n) is 1.10. The second-order valence-corrected chi connectivity index (χ2v) is 6.58. The summed E-state index contributed by atoms with van der Waals surface area (Å²) in [6.07, 6.45) is 0. The summed E-state index contributed by atoms with van der Waals surface area (Å²) in [6, 6.07) is 6.38. The lowest BCUT2D eigenvalue weighted by atomic mass is 9.90. The van der Waals surface area contributed by atoms with Crippen LogP contribution in [0.2, 0.25) is 0 Å². The molecule has 100 valence electrons. The van der Waals surface area contributed by atoms with Crippen molar-refractivity contribution < 1.29 is 17.4 Å². The van der Waals surface area contributed by atoms with Gasteiger partial charge in [-0.1, -0.05) is 31.5 Å². The molecule has 0 radical (unpaired) electrons. The summed E-state index contributed by atoms with van der Waals surface area (Å²) in [7, 11) is -3.80. The summed E-state index contributed by atoms with van der Waals surface area (Å²) < 4.78 is 28.7. The second-order valence-electron chi connectivity index (χ2n) is 4.97. The van der Waals surface area contributed by atoms with Gasteiger partial charge in [-0.05, 0) is 26.0 Å². The maximum atomic E-state index is 11.9. The third-order valence-corrected chi connectivity index (χ3v) is 4.12. The van der Waals surface area contributed by atoms with Crippen molar-refractivity contribution in [3.8, 4) is 0 Å². The monoisotopic (exact) mass is 270 g/mol. The normalized spacial score (nSPS) is 12.4. The van der Waals surface area contributed by atoms with Crippen molar-refractivity contribution in [2.75, 3.05) is 6.61 Å². The molecule has 0 aliphatic carbocycles. The summed E-state index contributed by atoms with van der Waals surface area (Å²) in [5.74, 6) is -0.110. The molecule has 0 unspecified atom stereocenters. The lowest BCUT2D eigenvalue weighted by molar-refractivity contribution is -0.126. The molecule has 0 saturated carbocycles. The molecule has 0 aliphatic heterocycles. The highest BCUT2D eigenvalue weighted by molar-refractivity contribution is 7.86. The van der Waals surface area contributed by atoms with E-state index in [0.29, 0.717) is 0 Å². The Kier molecular flexibility index (Phi) is 4.29. The smallest absolute Gasteiger partial charge is 0.297 e. The minimum absolute atomic E-state index is 0.104. The summed E-state index contributed by atoms with van der Waals surface area (Å²) >= 11 is 0. The molecule has 0 spiro atoms. The highest BCUT2D eigenvalue weighted by Crippen LogP contribution is 2.21. The van der Waals surface area contributed by atoms with Crippen LogP contribution in [0.4, 0.5) is 0 Å². The van der Waals surface area contributed by atoms with Crippen LogP contribution >= 0.6 is 0 Å². The Hall–Kier alpha value is -1.20. The number of benzene rings is 1. The third-order valence-electron chi connectivity index (χ3n) is 2.84. The van der Waals surface area contributed by atoms with Gasteiger partial charge in [0.05, 0.1) is 11.5 Å². The Morgan fingerprint density at radius 1 is 1.22 bits per heavy atom. The molecule has 0 N–H and O–H groups in total. The van der Waals surface area contributed by atoms with Crippen molar-refractivity contribution in [3.63, 3.8) is 0 Å². The number of aryl methyl sites for hydroxylation is 1. The Bertz CT molecular complexity index is 527.